The molecule has 1 rings (SSSR count). The minimum Gasteiger partial charge on any atom is -0.143 e. The van der Waals surface area contributed by atoms with Crippen molar-refractivity contribution >= 4 is 18.7 Å². The summed E-state index contributed by atoms with van der Waals surface area (Å²) in [4.78, 5) is 1.00. The molecular weight excluding hydrogens is 152 g/mol. The fourth-order valence-corrected chi connectivity index (χ4v) is 1.34. The summed E-state index contributed by atoms with van der Waals surface area (Å²) in [7, 11) is 0. The second kappa shape index (κ2) is 3.14. The Labute approximate surface area is 73.4 Å². The Kier molecular flexibility index (Phi) is 2.40. The van der Waals surface area contributed by atoms with Gasteiger partial charge >= 0.3 is 0 Å². The Balaban J connectivity index is 3.31. The lowest BCUT2D eigenvalue weighted by Crippen LogP contribution is -1.83. The average Bonchev–Trinajstić information content (AvgIpc) is 1.97. The summed E-state index contributed by atoms with van der Waals surface area (Å²) in [5, 5.41) is 0. The molecule has 0 bridgehead atoms. The van der Waals surface area contributed by atoms with Crippen molar-refractivity contribution in [2.75, 3.05) is 0 Å². The molecule has 0 amide bonds. The van der Waals surface area contributed by atoms with Crippen LogP contribution in [-0.2, 0) is 0 Å². The molecule has 0 spiro atoms. The molecule has 0 aliphatic heterocycles. The molecule has 0 atom stereocenters. The molecule has 0 aliphatic carbocycles. The molecule has 1 aromatic carbocycles. The second-order valence-electron chi connectivity index (χ2n) is 2.70. The molecule has 0 unspecified atom stereocenters. The van der Waals surface area contributed by atoms with Crippen molar-refractivity contribution in [3.63, 3.8) is 0 Å². The van der Waals surface area contributed by atoms with Gasteiger partial charge in [-0.25, -0.2) is 0 Å². The average molecular weight is 164 g/mol. The Morgan fingerprint density at radius 2 is 1.82 bits per heavy atom. The van der Waals surface area contributed by atoms with Crippen molar-refractivity contribution in [1.82, 2.24) is 0 Å². The molecule has 0 aromatic heterocycles. The number of rotatable bonds is 1. The Hall–Kier alpha value is -0.690. The van der Waals surface area contributed by atoms with Crippen molar-refractivity contribution < 1.29 is 0 Å². The lowest BCUT2D eigenvalue weighted by molar-refractivity contribution is 1.27. The van der Waals surface area contributed by atoms with Crippen LogP contribution in [0.4, 0.5) is 0 Å². The standard InChI is InChI=1S/C10H12S/c1-4-9-5-7(2)8(3)6-10(9)11/h4-6,11H,1H2,2-3H3. The first kappa shape index (κ1) is 8.41. The minimum absolute atomic E-state index is 1.00. The van der Waals surface area contributed by atoms with Crippen molar-refractivity contribution in [2.45, 2.75) is 18.7 Å². The Morgan fingerprint density at radius 3 is 2.36 bits per heavy atom. The van der Waals surface area contributed by atoms with Crippen LogP contribution in [0.1, 0.15) is 16.7 Å². The van der Waals surface area contributed by atoms with Crippen molar-refractivity contribution in [3.05, 3.63) is 35.4 Å². The molecule has 0 nitrogen and oxygen atoms in total. The van der Waals surface area contributed by atoms with Crippen LogP contribution in [0.3, 0.4) is 0 Å². The van der Waals surface area contributed by atoms with E-state index in [0.29, 0.717) is 0 Å². The molecule has 0 heterocycles. The highest BCUT2D eigenvalue weighted by Crippen LogP contribution is 2.19. The van der Waals surface area contributed by atoms with Gasteiger partial charge < -0.3 is 0 Å². The van der Waals surface area contributed by atoms with E-state index in [-0.39, 0.29) is 0 Å². The van der Waals surface area contributed by atoms with Crippen molar-refractivity contribution in [2.24, 2.45) is 0 Å². The van der Waals surface area contributed by atoms with Crippen molar-refractivity contribution in [3.8, 4) is 0 Å². The maximum Gasteiger partial charge on any atom is 0.0115 e. The summed E-state index contributed by atoms with van der Waals surface area (Å²) in [6.45, 7) is 7.89. The van der Waals surface area contributed by atoms with E-state index in [9.17, 15) is 0 Å². The lowest BCUT2D eigenvalue weighted by Gasteiger charge is -2.04. The van der Waals surface area contributed by atoms with Crippen LogP contribution >= 0.6 is 12.6 Å². The second-order valence-corrected chi connectivity index (χ2v) is 3.18. The number of hydrogen-bond donors (Lipinski definition) is 1. The summed E-state index contributed by atoms with van der Waals surface area (Å²) >= 11 is 4.32. The van der Waals surface area contributed by atoms with E-state index in [1.165, 1.54) is 11.1 Å². The van der Waals surface area contributed by atoms with Gasteiger partial charge in [0.2, 0.25) is 0 Å². The summed E-state index contributed by atoms with van der Waals surface area (Å²) in [6.07, 6.45) is 1.83. The maximum absolute atomic E-state index is 4.32. The molecule has 58 valence electrons. The van der Waals surface area contributed by atoms with Gasteiger partial charge in [-0.3, -0.25) is 0 Å². The molecule has 1 heteroatoms. The molecule has 0 N–H and O–H groups in total. The fraction of sp³-hybridized carbons (Fsp3) is 0.200. The van der Waals surface area contributed by atoms with Crippen molar-refractivity contribution in [1.29, 1.82) is 0 Å². The monoisotopic (exact) mass is 164 g/mol. The SMILES string of the molecule is C=Cc1cc(C)c(C)cc1S. The Bertz CT molecular complexity index is 287. The predicted molar refractivity (Wildman–Crippen MR) is 53.3 cm³/mol. The van der Waals surface area contributed by atoms with Crippen LogP contribution in [0.15, 0.2) is 23.6 Å². The zero-order valence-corrected chi connectivity index (χ0v) is 7.78. The molecule has 11 heavy (non-hydrogen) atoms. The van der Waals surface area contributed by atoms with Gasteiger partial charge in [0.15, 0.2) is 0 Å². The summed E-state index contributed by atoms with van der Waals surface area (Å²) in [6, 6.07) is 4.17. The normalized spacial score (nSPS) is 9.73. The first-order valence-electron chi connectivity index (χ1n) is 3.58. The van der Waals surface area contributed by atoms with Gasteiger partial charge in [-0.05, 0) is 36.6 Å². The van der Waals surface area contributed by atoms with E-state index in [4.69, 9.17) is 0 Å². The molecule has 0 saturated carbocycles. The van der Waals surface area contributed by atoms with Crippen LogP contribution in [-0.4, -0.2) is 0 Å². The molecule has 0 fully saturated rings. The van der Waals surface area contributed by atoms with Gasteiger partial charge in [-0.1, -0.05) is 18.7 Å². The van der Waals surface area contributed by atoms with Crippen LogP contribution in [0.25, 0.3) is 6.08 Å². The third-order valence-corrected chi connectivity index (χ3v) is 2.25. The van der Waals surface area contributed by atoms with E-state index in [1.54, 1.807) is 0 Å². The topological polar surface area (TPSA) is 0 Å². The quantitative estimate of drug-likeness (QED) is 0.605. The summed E-state index contributed by atoms with van der Waals surface area (Å²) in [5.74, 6) is 0. The van der Waals surface area contributed by atoms with Crippen LogP contribution in [0, 0.1) is 13.8 Å². The third-order valence-electron chi connectivity index (χ3n) is 1.86. The first-order valence-corrected chi connectivity index (χ1v) is 4.02. The van der Waals surface area contributed by atoms with Gasteiger partial charge in [0.05, 0.1) is 0 Å². The van der Waals surface area contributed by atoms with Gasteiger partial charge in [0, 0.05) is 4.90 Å². The van der Waals surface area contributed by atoms with Crippen LogP contribution in [0.2, 0.25) is 0 Å². The fourth-order valence-electron chi connectivity index (χ4n) is 0.987. The van der Waals surface area contributed by atoms with E-state index >= 15 is 0 Å². The number of benzene rings is 1. The summed E-state index contributed by atoms with van der Waals surface area (Å²) in [5.41, 5.74) is 3.68. The van der Waals surface area contributed by atoms with Crippen LogP contribution in [0.5, 0.6) is 0 Å². The van der Waals surface area contributed by atoms with E-state index in [1.807, 2.05) is 6.08 Å². The maximum atomic E-state index is 4.32. The van der Waals surface area contributed by atoms with Gasteiger partial charge in [0.25, 0.3) is 0 Å². The zero-order chi connectivity index (χ0) is 8.43. The highest BCUT2D eigenvalue weighted by atomic mass is 32.1. The highest BCUT2D eigenvalue weighted by Gasteiger charge is 1.97. The van der Waals surface area contributed by atoms with Gasteiger partial charge in [-0.2, -0.15) is 0 Å². The molecule has 0 aliphatic rings. The van der Waals surface area contributed by atoms with Gasteiger partial charge in [-0.15, -0.1) is 12.6 Å². The predicted octanol–water partition coefficient (Wildman–Crippen LogP) is 3.24. The van der Waals surface area contributed by atoms with E-state index in [0.717, 1.165) is 10.5 Å². The number of thiol groups is 1. The third kappa shape index (κ3) is 1.66. The summed E-state index contributed by atoms with van der Waals surface area (Å²) < 4.78 is 0. The van der Waals surface area contributed by atoms with Crippen LogP contribution < -0.4 is 0 Å². The van der Waals surface area contributed by atoms with E-state index in [2.05, 4.69) is 45.2 Å². The molecule has 0 radical (unpaired) electrons. The lowest BCUT2D eigenvalue weighted by atomic mass is 10.1. The first-order chi connectivity index (χ1) is 5.15. The van der Waals surface area contributed by atoms with E-state index < -0.39 is 0 Å². The molecule has 0 saturated heterocycles. The molecule has 1 aromatic rings. The Morgan fingerprint density at radius 1 is 1.27 bits per heavy atom. The highest BCUT2D eigenvalue weighted by molar-refractivity contribution is 7.80. The van der Waals surface area contributed by atoms with Gasteiger partial charge in [0.1, 0.15) is 0 Å². The minimum atomic E-state index is 1.00. The number of hydrogen-bond acceptors (Lipinski definition) is 1. The number of aryl methyl sites for hydroxylation is 2. The largest absolute Gasteiger partial charge is 0.143 e. The molecular formula is C10H12S. The zero-order valence-electron chi connectivity index (χ0n) is 6.89. The smallest absolute Gasteiger partial charge is 0.0115 e.